The van der Waals surface area contributed by atoms with Gasteiger partial charge in [-0.3, -0.25) is 4.79 Å². The Kier molecular flexibility index (Phi) is 4.36. The molecule has 1 aliphatic rings. The Morgan fingerprint density at radius 2 is 2.15 bits per heavy atom. The summed E-state index contributed by atoms with van der Waals surface area (Å²) < 4.78 is 0. The lowest BCUT2D eigenvalue weighted by atomic mass is 10.2. The summed E-state index contributed by atoms with van der Waals surface area (Å²) in [7, 11) is 0. The summed E-state index contributed by atoms with van der Waals surface area (Å²) in [6.45, 7) is 5.64. The van der Waals surface area contributed by atoms with Gasteiger partial charge < -0.3 is 4.90 Å². The highest BCUT2D eigenvalue weighted by atomic mass is 32.2. The van der Waals surface area contributed by atoms with Crippen molar-refractivity contribution in [2.45, 2.75) is 20.3 Å². The average molecular weight is 199 g/mol. The van der Waals surface area contributed by atoms with Gasteiger partial charge in [-0.2, -0.15) is 11.8 Å². The molecule has 0 aromatic rings. The van der Waals surface area contributed by atoms with E-state index in [4.69, 9.17) is 0 Å². The zero-order chi connectivity index (χ0) is 9.68. The third-order valence-corrected chi connectivity index (χ3v) is 3.33. The first-order chi connectivity index (χ1) is 6.25. The van der Waals surface area contributed by atoms with Crippen LogP contribution in [0.4, 0.5) is 0 Å². The highest BCUT2D eigenvalue weighted by Gasteiger charge is 2.15. The molecule has 0 aromatic heterocycles. The van der Waals surface area contributed by atoms with Crippen LogP contribution in [0.5, 0.6) is 0 Å². The number of hydrogen-bond acceptors (Lipinski definition) is 2. The largest absolute Gasteiger partial charge is 0.338 e. The van der Waals surface area contributed by atoms with Gasteiger partial charge >= 0.3 is 0 Å². The first kappa shape index (κ1) is 10.6. The van der Waals surface area contributed by atoms with Crippen LogP contribution in [0.15, 0.2) is 11.6 Å². The van der Waals surface area contributed by atoms with Gasteiger partial charge in [0.1, 0.15) is 0 Å². The molecule has 0 N–H and O–H groups in total. The summed E-state index contributed by atoms with van der Waals surface area (Å²) in [6, 6.07) is 0. The van der Waals surface area contributed by atoms with Gasteiger partial charge in [0.05, 0.1) is 0 Å². The van der Waals surface area contributed by atoms with Crippen molar-refractivity contribution in [3.8, 4) is 0 Å². The Morgan fingerprint density at radius 1 is 1.38 bits per heavy atom. The van der Waals surface area contributed by atoms with Crippen molar-refractivity contribution in [3.05, 3.63) is 11.6 Å². The van der Waals surface area contributed by atoms with Crippen LogP contribution in [-0.2, 0) is 4.79 Å². The number of hydrogen-bond donors (Lipinski definition) is 0. The van der Waals surface area contributed by atoms with E-state index in [0.29, 0.717) is 0 Å². The van der Waals surface area contributed by atoms with Crippen molar-refractivity contribution in [2.24, 2.45) is 0 Å². The molecule has 0 spiro atoms. The molecule has 1 amide bonds. The lowest BCUT2D eigenvalue weighted by molar-refractivity contribution is -0.126. The number of rotatable bonds is 1. The fourth-order valence-electron chi connectivity index (χ4n) is 1.32. The molecule has 0 atom stereocenters. The van der Waals surface area contributed by atoms with Crippen LogP contribution < -0.4 is 0 Å². The highest BCUT2D eigenvalue weighted by molar-refractivity contribution is 7.99. The Labute approximate surface area is 84.4 Å². The first-order valence-corrected chi connectivity index (χ1v) is 5.91. The third-order valence-electron chi connectivity index (χ3n) is 2.28. The molecule has 3 heteroatoms. The molecular weight excluding hydrogens is 182 g/mol. The zero-order valence-corrected chi connectivity index (χ0v) is 9.19. The summed E-state index contributed by atoms with van der Waals surface area (Å²) in [5.74, 6) is 2.49. The minimum atomic E-state index is 0.213. The van der Waals surface area contributed by atoms with E-state index < -0.39 is 0 Å². The lowest BCUT2D eigenvalue weighted by Crippen LogP contribution is -2.33. The maximum atomic E-state index is 11.7. The molecule has 1 heterocycles. The van der Waals surface area contributed by atoms with Gasteiger partial charge in [-0.1, -0.05) is 6.08 Å². The van der Waals surface area contributed by atoms with Crippen LogP contribution in [0, 0.1) is 0 Å². The number of carbonyl (C=O) groups excluding carboxylic acids is 1. The van der Waals surface area contributed by atoms with Gasteiger partial charge in [-0.25, -0.2) is 0 Å². The smallest absolute Gasteiger partial charge is 0.249 e. The molecule has 2 nitrogen and oxygen atoms in total. The minimum Gasteiger partial charge on any atom is -0.338 e. The molecule has 0 unspecified atom stereocenters. The van der Waals surface area contributed by atoms with Crippen molar-refractivity contribution in [3.63, 3.8) is 0 Å². The predicted octanol–water partition coefficient (Wildman–Crippen LogP) is 1.92. The third kappa shape index (κ3) is 3.07. The molecule has 0 saturated carbocycles. The second-order valence-corrected chi connectivity index (χ2v) is 4.45. The van der Waals surface area contributed by atoms with Crippen molar-refractivity contribution in [2.75, 3.05) is 24.6 Å². The molecule has 13 heavy (non-hydrogen) atoms. The van der Waals surface area contributed by atoms with E-state index in [1.165, 1.54) is 5.75 Å². The van der Waals surface area contributed by atoms with Crippen molar-refractivity contribution < 1.29 is 4.79 Å². The summed E-state index contributed by atoms with van der Waals surface area (Å²) in [6.07, 6.45) is 3.02. The van der Waals surface area contributed by atoms with Crippen LogP contribution in [0.25, 0.3) is 0 Å². The lowest BCUT2D eigenvalue weighted by Gasteiger charge is -2.19. The number of allylic oxidation sites excluding steroid dienone is 1. The standard InChI is InChI=1S/C10H17NOS/c1-3-9(2)10(12)11-5-4-7-13-8-6-11/h3H,4-8H2,1-2H3/b9-3-. The van der Waals surface area contributed by atoms with Gasteiger partial charge in [0.2, 0.25) is 5.91 Å². The van der Waals surface area contributed by atoms with Gasteiger partial charge in [0.15, 0.2) is 0 Å². The minimum absolute atomic E-state index is 0.213. The Hall–Kier alpha value is -0.440. The van der Waals surface area contributed by atoms with E-state index in [-0.39, 0.29) is 5.91 Å². The maximum absolute atomic E-state index is 11.7. The van der Waals surface area contributed by atoms with Gasteiger partial charge in [0, 0.05) is 24.4 Å². The number of nitrogens with zero attached hydrogens (tertiary/aromatic N) is 1. The molecule has 74 valence electrons. The summed E-state index contributed by atoms with van der Waals surface area (Å²) >= 11 is 1.94. The molecule has 1 saturated heterocycles. The van der Waals surface area contributed by atoms with Crippen molar-refractivity contribution in [1.82, 2.24) is 4.90 Å². The number of amides is 1. The SMILES string of the molecule is C/C=C(/C)C(=O)N1CCCSCC1. The predicted molar refractivity (Wildman–Crippen MR) is 58.0 cm³/mol. The van der Waals surface area contributed by atoms with Crippen molar-refractivity contribution in [1.29, 1.82) is 0 Å². The van der Waals surface area contributed by atoms with E-state index >= 15 is 0 Å². The molecule has 0 radical (unpaired) electrons. The molecule has 1 fully saturated rings. The van der Waals surface area contributed by atoms with Crippen LogP contribution in [0.1, 0.15) is 20.3 Å². The monoisotopic (exact) mass is 199 g/mol. The first-order valence-electron chi connectivity index (χ1n) is 4.75. The van der Waals surface area contributed by atoms with Crippen LogP contribution in [-0.4, -0.2) is 35.4 Å². The fourth-order valence-corrected chi connectivity index (χ4v) is 2.21. The summed E-state index contributed by atoms with van der Waals surface area (Å²) in [4.78, 5) is 13.7. The number of thioether (sulfide) groups is 1. The maximum Gasteiger partial charge on any atom is 0.249 e. The van der Waals surface area contributed by atoms with E-state index in [2.05, 4.69) is 0 Å². The van der Waals surface area contributed by atoms with Gasteiger partial charge in [-0.15, -0.1) is 0 Å². The molecule has 0 bridgehead atoms. The molecule has 1 aliphatic heterocycles. The van der Waals surface area contributed by atoms with Gasteiger partial charge in [-0.05, 0) is 26.0 Å². The highest BCUT2D eigenvalue weighted by Crippen LogP contribution is 2.12. The zero-order valence-electron chi connectivity index (χ0n) is 8.38. The van der Waals surface area contributed by atoms with E-state index in [1.54, 1.807) is 0 Å². The quantitative estimate of drug-likeness (QED) is 0.601. The topological polar surface area (TPSA) is 20.3 Å². The molecular formula is C10H17NOS. The van der Waals surface area contributed by atoms with E-state index in [0.717, 1.165) is 30.8 Å². The molecule has 0 aromatic carbocycles. The average Bonchev–Trinajstić information content (AvgIpc) is 2.43. The Morgan fingerprint density at radius 3 is 2.85 bits per heavy atom. The van der Waals surface area contributed by atoms with Crippen LogP contribution in [0.3, 0.4) is 0 Å². The van der Waals surface area contributed by atoms with Crippen molar-refractivity contribution >= 4 is 17.7 Å². The Balaban J connectivity index is 2.54. The van der Waals surface area contributed by atoms with E-state index in [1.807, 2.05) is 36.6 Å². The second kappa shape index (κ2) is 5.32. The van der Waals surface area contributed by atoms with Crippen LogP contribution in [0.2, 0.25) is 0 Å². The fraction of sp³-hybridized carbons (Fsp3) is 0.700. The summed E-state index contributed by atoms with van der Waals surface area (Å²) in [5, 5.41) is 0. The summed E-state index contributed by atoms with van der Waals surface area (Å²) in [5.41, 5.74) is 0.868. The number of carbonyl (C=O) groups is 1. The Bertz CT molecular complexity index is 205. The normalized spacial score (nSPS) is 19.8. The second-order valence-electron chi connectivity index (χ2n) is 3.23. The van der Waals surface area contributed by atoms with Gasteiger partial charge in [0.25, 0.3) is 0 Å². The van der Waals surface area contributed by atoms with Crippen LogP contribution >= 0.6 is 11.8 Å². The van der Waals surface area contributed by atoms with E-state index in [9.17, 15) is 4.79 Å². The molecule has 1 rings (SSSR count). The molecule has 0 aliphatic carbocycles.